The Balaban J connectivity index is 1.58. The summed E-state index contributed by atoms with van der Waals surface area (Å²) in [4.78, 5) is 29.0. The van der Waals surface area contributed by atoms with Crippen LogP contribution in [0.25, 0.3) is 10.9 Å². The third-order valence-electron chi connectivity index (χ3n) is 4.45. The Labute approximate surface area is 134 Å². The van der Waals surface area contributed by atoms with Crippen LogP contribution in [0.3, 0.4) is 0 Å². The molecule has 2 heterocycles. The fourth-order valence-electron chi connectivity index (χ4n) is 3.06. The number of likely N-dealkylation sites (tertiary alicyclic amines) is 1. The maximum Gasteiger partial charge on any atom is 0.317 e. The summed E-state index contributed by atoms with van der Waals surface area (Å²) < 4.78 is 4.83. The average Bonchev–Trinajstić information content (AvgIpc) is 3.16. The van der Waals surface area contributed by atoms with E-state index in [2.05, 4.69) is 10.3 Å². The highest BCUT2D eigenvalue weighted by Crippen LogP contribution is 2.31. The summed E-state index contributed by atoms with van der Waals surface area (Å²) in [5, 5.41) is 4.02. The van der Waals surface area contributed by atoms with Crippen molar-refractivity contribution >= 4 is 22.9 Å². The number of nitrogens with one attached hydrogen (secondary N) is 2. The monoisotopic (exact) mass is 315 g/mol. The van der Waals surface area contributed by atoms with Crippen LogP contribution in [0.2, 0.25) is 0 Å². The van der Waals surface area contributed by atoms with Crippen LogP contribution in [-0.2, 0) is 16.1 Å². The van der Waals surface area contributed by atoms with Gasteiger partial charge < -0.3 is 19.9 Å². The molecular formula is C17H21N3O3. The van der Waals surface area contributed by atoms with E-state index in [9.17, 15) is 9.59 Å². The number of esters is 1. The lowest BCUT2D eigenvalue weighted by Crippen LogP contribution is -2.40. The molecule has 1 aliphatic heterocycles. The zero-order chi connectivity index (χ0) is 16.4. The zero-order valence-electron chi connectivity index (χ0n) is 13.4. The minimum absolute atomic E-state index is 0.156. The number of ether oxygens (including phenoxy) is 1. The van der Waals surface area contributed by atoms with E-state index < -0.39 is 5.41 Å². The summed E-state index contributed by atoms with van der Waals surface area (Å²) in [6, 6.07) is 9.85. The highest BCUT2D eigenvalue weighted by molar-refractivity contribution is 5.81. The fraction of sp³-hybridized carbons (Fsp3) is 0.412. The van der Waals surface area contributed by atoms with E-state index >= 15 is 0 Å². The van der Waals surface area contributed by atoms with Crippen LogP contribution >= 0.6 is 0 Å². The van der Waals surface area contributed by atoms with Gasteiger partial charge in [0.05, 0.1) is 19.1 Å². The first-order valence-electron chi connectivity index (χ1n) is 7.70. The Morgan fingerprint density at radius 2 is 2.17 bits per heavy atom. The molecule has 0 saturated carbocycles. The Bertz CT molecular complexity index is 707. The van der Waals surface area contributed by atoms with E-state index in [4.69, 9.17) is 4.74 Å². The lowest BCUT2D eigenvalue weighted by atomic mass is 9.90. The molecule has 6 heteroatoms. The lowest BCUT2D eigenvalue weighted by molar-refractivity contribution is -0.150. The second-order valence-corrected chi connectivity index (χ2v) is 6.26. The number of hydrogen-bond donors (Lipinski definition) is 2. The second kappa shape index (κ2) is 5.95. The smallest absolute Gasteiger partial charge is 0.317 e. The van der Waals surface area contributed by atoms with Gasteiger partial charge in [-0.1, -0.05) is 18.2 Å². The molecule has 1 fully saturated rings. The number of carbonyl (C=O) groups is 2. The predicted octanol–water partition coefficient (Wildman–Crippen LogP) is 2.26. The molecule has 0 radical (unpaired) electrons. The molecule has 0 spiro atoms. The third kappa shape index (κ3) is 3.02. The van der Waals surface area contributed by atoms with E-state index in [-0.39, 0.29) is 12.0 Å². The number of para-hydroxylation sites is 1. The molecule has 1 unspecified atom stereocenters. The van der Waals surface area contributed by atoms with Crippen molar-refractivity contribution in [2.24, 2.45) is 5.41 Å². The van der Waals surface area contributed by atoms with Gasteiger partial charge in [-0.2, -0.15) is 0 Å². The third-order valence-corrected chi connectivity index (χ3v) is 4.45. The van der Waals surface area contributed by atoms with Crippen LogP contribution < -0.4 is 5.32 Å². The quantitative estimate of drug-likeness (QED) is 0.853. The molecule has 3 rings (SSSR count). The second-order valence-electron chi connectivity index (χ2n) is 6.26. The van der Waals surface area contributed by atoms with E-state index in [0.29, 0.717) is 26.1 Å². The van der Waals surface area contributed by atoms with E-state index in [0.717, 1.165) is 16.6 Å². The van der Waals surface area contributed by atoms with Crippen LogP contribution in [0.15, 0.2) is 30.3 Å². The Hall–Kier alpha value is -2.50. The number of aromatic amines is 1. The number of hydrogen-bond acceptors (Lipinski definition) is 3. The number of fused-ring (bicyclic) bond motifs is 1. The Kier molecular flexibility index (Phi) is 3.98. The molecule has 2 amide bonds. The summed E-state index contributed by atoms with van der Waals surface area (Å²) in [5.74, 6) is -0.261. The number of H-pyrrole nitrogens is 1. The highest BCUT2D eigenvalue weighted by Gasteiger charge is 2.42. The first-order valence-corrected chi connectivity index (χ1v) is 7.70. The fourth-order valence-corrected chi connectivity index (χ4v) is 3.06. The summed E-state index contributed by atoms with van der Waals surface area (Å²) in [6.45, 7) is 3.21. The molecule has 0 bridgehead atoms. The number of amides is 2. The van der Waals surface area contributed by atoms with Crippen LogP contribution in [-0.4, -0.2) is 42.1 Å². The molecule has 2 aromatic rings. The van der Waals surface area contributed by atoms with E-state index in [1.54, 1.807) is 4.90 Å². The van der Waals surface area contributed by atoms with Crippen molar-refractivity contribution in [2.75, 3.05) is 20.2 Å². The number of rotatable bonds is 3. The normalized spacial score (nSPS) is 20.7. The first kappa shape index (κ1) is 15.4. The molecule has 1 aliphatic rings. The molecule has 2 N–H and O–H groups in total. The summed E-state index contributed by atoms with van der Waals surface area (Å²) >= 11 is 0. The Morgan fingerprint density at radius 3 is 2.91 bits per heavy atom. The minimum Gasteiger partial charge on any atom is -0.469 e. The van der Waals surface area contributed by atoms with Gasteiger partial charge in [0.15, 0.2) is 0 Å². The summed E-state index contributed by atoms with van der Waals surface area (Å²) in [6.07, 6.45) is 0.624. The number of methoxy groups -OCH3 is 1. The molecule has 1 saturated heterocycles. The largest absolute Gasteiger partial charge is 0.469 e. The van der Waals surface area contributed by atoms with Gasteiger partial charge in [0, 0.05) is 24.3 Å². The van der Waals surface area contributed by atoms with Crippen molar-refractivity contribution < 1.29 is 14.3 Å². The van der Waals surface area contributed by atoms with Gasteiger partial charge in [-0.25, -0.2) is 4.79 Å². The van der Waals surface area contributed by atoms with Gasteiger partial charge in [-0.15, -0.1) is 0 Å². The standard InChI is InChI=1S/C17H21N3O3/c1-17(15(21)23-2)7-8-20(11-17)16(22)18-10-13-9-12-5-3-4-6-14(12)19-13/h3-6,9,19H,7-8,10-11H2,1-2H3,(H,18,22). The molecule has 6 nitrogen and oxygen atoms in total. The van der Waals surface area contributed by atoms with Crippen LogP contribution in [0, 0.1) is 5.41 Å². The zero-order valence-corrected chi connectivity index (χ0v) is 13.4. The van der Waals surface area contributed by atoms with E-state index in [1.165, 1.54) is 7.11 Å². The molecular weight excluding hydrogens is 294 g/mol. The van der Waals surface area contributed by atoms with Gasteiger partial charge in [-0.3, -0.25) is 4.79 Å². The van der Waals surface area contributed by atoms with Crippen molar-refractivity contribution in [3.8, 4) is 0 Å². The van der Waals surface area contributed by atoms with Gasteiger partial charge in [0.25, 0.3) is 0 Å². The topological polar surface area (TPSA) is 74.4 Å². The highest BCUT2D eigenvalue weighted by atomic mass is 16.5. The molecule has 0 aliphatic carbocycles. The van der Waals surface area contributed by atoms with Crippen molar-refractivity contribution in [1.82, 2.24) is 15.2 Å². The van der Waals surface area contributed by atoms with Crippen LogP contribution in [0.1, 0.15) is 19.0 Å². The van der Waals surface area contributed by atoms with Crippen molar-refractivity contribution in [3.05, 3.63) is 36.0 Å². The van der Waals surface area contributed by atoms with Crippen molar-refractivity contribution in [1.29, 1.82) is 0 Å². The van der Waals surface area contributed by atoms with Gasteiger partial charge in [0.1, 0.15) is 0 Å². The Morgan fingerprint density at radius 1 is 1.39 bits per heavy atom. The maximum atomic E-state index is 12.3. The van der Waals surface area contributed by atoms with Crippen molar-refractivity contribution in [3.63, 3.8) is 0 Å². The SMILES string of the molecule is COC(=O)C1(C)CCN(C(=O)NCc2cc3ccccc3[nH]2)C1. The molecule has 1 aromatic heterocycles. The maximum absolute atomic E-state index is 12.3. The van der Waals surface area contributed by atoms with Gasteiger partial charge in [0.2, 0.25) is 0 Å². The van der Waals surface area contributed by atoms with Crippen molar-refractivity contribution in [2.45, 2.75) is 19.9 Å². The molecule has 122 valence electrons. The number of nitrogens with zero attached hydrogens (tertiary/aromatic N) is 1. The number of carbonyl (C=O) groups excluding carboxylic acids is 2. The summed E-state index contributed by atoms with van der Waals surface area (Å²) in [5.41, 5.74) is 1.40. The molecule has 23 heavy (non-hydrogen) atoms. The van der Waals surface area contributed by atoms with E-state index in [1.807, 2.05) is 37.3 Å². The average molecular weight is 315 g/mol. The molecule has 1 atom stereocenters. The summed E-state index contributed by atoms with van der Waals surface area (Å²) in [7, 11) is 1.38. The predicted molar refractivity (Wildman–Crippen MR) is 86.8 cm³/mol. The van der Waals surface area contributed by atoms with Crippen LogP contribution in [0.5, 0.6) is 0 Å². The number of urea groups is 1. The number of benzene rings is 1. The van der Waals surface area contributed by atoms with Crippen LogP contribution in [0.4, 0.5) is 4.79 Å². The lowest BCUT2D eigenvalue weighted by Gasteiger charge is -2.22. The number of aromatic nitrogens is 1. The van der Waals surface area contributed by atoms with Gasteiger partial charge in [-0.05, 0) is 30.9 Å². The molecule has 1 aromatic carbocycles. The van der Waals surface area contributed by atoms with Gasteiger partial charge >= 0.3 is 12.0 Å². The first-order chi connectivity index (χ1) is 11.0. The minimum atomic E-state index is -0.604.